The molecule has 1 aliphatic rings. The molecule has 2 rings (SSSR count). The molecule has 1 fully saturated rings. The van der Waals surface area contributed by atoms with Gasteiger partial charge in [-0.3, -0.25) is 4.79 Å². The van der Waals surface area contributed by atoms with Gasteiger partial charge in [-0.25, -0.2) is 4.79 Å². The molecule has 1 amide bonds. The molecule has 0 unspecified atom stereocenters. The summed E-state index contributed by atoms with van der Waals surface area (Å²) in [5.74, 6) is -0.165. The van der Waals surface area contributed by atoms with Crippen LogP contribution in [-0.2, 0) is 4.79 Å². The van der Waals surface area contributed by atoms with Gasteiger partial charge in [0.1, 0.15) is 0 Å². The molecule has 1 aliphatic carbocycles. The van der Waals surface area contributed by atoms with Crippen LogP contribution in [0.15, 0.2) is 18.2 Å². The summed E-state index contributed by atoms with van der Waals surface area (Å²) in [6, 6.07) is 3.48. The number of hydrogen-bond acceptors (Lipinski definition) is 3. The molecule has 0 aromatic carbocycles. The minimum Gasteiger partial charge on any atom is -0.478 e. The Kier molecular flexibility index (Phi) is 4.74. The zero-order chi connectivity index (χ0) is 13.7. The highest BCUT2D eigenvalue weighted by Gasteiger charge is 2.20. The Balaban J connectivity index is 1.76. The topological polar surface area (TPSA) is 66.4 Å². The van der Waals surface area contributed by atoms with Crippen molar-refractivity contribution >= 4 is 29.3 Å². The standard InChI is InChI=1S/C14H17NO3S/c16-13(17)8-6-11-5-7-12(19-11)14(18)15-9-1-2-10-3-4-10/h5-8,10H,1-4,9H2,(H,15,18)(H,16,17)/b8-6+. The van der Waals surface area contributed by atoms with Crippen molar-refractivity contribution < 1.29 is 14.7 Å². The molecule has 2 N–H and O–H groups in total. The SMILES string of the molecule is O=C(O)/C=C/c1ccc(C(=O)NCCCC2CC2)s1. The molecule has 0 radical (unpaired) electrons. The summed E-state index contributed by atoms with van der Waals surface area (Å²) in [4.78, 5) is 23.6. The van der Waals surface area contributed by atoms with Gasteiger partial charge in [-0.05, 0) is 37.0 Å². The van der Waals surface area contributed by atoms with Crippen LogP contribution in [0.25, 0.3) is 6.08 Å². The average Bonchev–Trinajstić information content (AvgIpc) is 3.07. The fourth-order valence-electron chi connectivity index (χ4n) is 1.80. The molecule has 1 aromatic rings. The first-order chi connectivity index (χ1) is 9.15. The van der Waals surface area contributed by atoms with Crippen LogP contribution in [0.1, 0.15) is 40.2 Å². The number of thiophene rings is 1. The van der Waals surface area contributed by atoms with Gasteiger partial charge < -0.3 is 10.4 Å². The largest absolute Gasteiger partial charge is 0.478 e. The molecule has 1 saturated carbocycles. The lowest BCUT2D eigenvalue weighted by Crippen LogP contribution is -2.23. The van der Waals surface area contributed by atoms with Gasteiger partial charge in [-0.2, -0.15) is 0 Å². The van der Waals surface area contributed by atoms with Gasteiger partial charge in [0.15, 0.2) is 0 Å². The Morgan fingerprint density at radius 2 is 2.21 bits per heavy atom. The minimum atomic E-state index is -0.987. The van der Waals surface area contributed by atoms with Crippen molar-refractivity contribution in [1.29, 1.82) is 0 Å². The normalized spacial score (nSPS) is 14.7. The van der Waals surface area contributed by atoms with E-state index in [0.717, 1.165) is 23.3 Å². The van der Waals surface area contributed by atoms with Crippen molar-refractivity contribution in [3.05, 3.63) is 28.0 Å². The van der Waals surface area contributed by atoms with E-state index >= 15 is 0 Å². The van der Waals surface area contributed by atoms with Crippen molar-refractivity contribution in [3.63, 3.8) is 0 Å². The molecular formula is C14H17NO3S. The predicted octanol–water partition coefficient (Wildman–Crippen LogP) is 2.77. The van der Waals surface area contributed by atoms with Gasteiger partial charge in [-0.15, -0.1) is 11.3 Å². The highest BCUT2D eigenvalue weighted by Crippen LogP contribution is 2.33. The first kappa shape index (κ1) is 13.8. The van der Waals surface area contributed by atoms with E-state index in [2.05, 4.69) is 5.32 Å². The van der Waals surface area contributed by atoms with E-state index in [1.54, 1.807) is 12.1 Å². The number of carboxylic acid groups (broad SMARTS) is 1. The van der Waals surface area contributed by atoms with Crippen LogP contribution in [0, 0.1) is 5.92 Å². The molecule has 19 heavy (non-hydrogen) atoms. The zero-order valence-electron chi connectivity index (χ0n) is 10.6. The summed E-state index contributed by atoms with van der Waals surface area (Å²) in [6.45, 7) is 0.716. The second kappa shape index (κ2) is 6.52. The number of amides is 1. The van der Waals surface area contributed by atoms with E-state index in [0.29, 0.717) is 11.4 Å². The first-order valence-electron chi connectivity index (χ1n) is 6.44. The van der Waals surface area contributed by atoms with E-state index in [-0.39, 0.29) is 5.91 Å². The molecule has 4 nitrogen and oxygen atoms in total. The van der Waals surface area contributed by atoms with Crippen molar-refractivity contribution in [2.75, 3.05) is 6.54 Å². The average molecular weight is 279 g/mol. The fourth-order valence-corrected chi connectivity index (χ4v) is 2.63. The number of carbonyl (C=O) groups is 2. The van der Waals surface area contributed by atoms with Crippen LogP contribution in [0.4, 0.5) is 0 Å². The molecule has 1 aromatic heterocycles. The van der Waals surface area contributed by atoms with Crippen molar-refractivity contribution in [3.8, 4) is 0 Å². The molecule has 0 saturated heterocycles. The van der Waals surface area contributed by atoms with Crippen LogP contribution in [0.3, 0.4) is 0 Å². The van der Waals surface area contributed by atoms with Crippen LogP contribution in [0.2, 0.25) is 0 Å². The third-order valence-corrected chi connectivity index (χ3v) is 4.06. The van der Waals surface area contributed by atoms with E-state index < -0.39 is 5.97 Å². The Labute approximate surface area is 116 Å². The molecule has 0 spiro atoms. The molecule has 0 bridgehead atoms. The third-order valence-electron chi connectivity index (χ3n) is 3.01. The fraction of sp³-hybridized carbons (Fsp3) is 0.429. The van der Waals surface area contributed by atoms with Crippen molar-refractivity contribution in [2.45, 2.75) is 25.7 Å². The lowest BCUT2D eigenvalue weighted by molar-refractivity contribution is -0.131. The van der Waals surface area contributed by atoms with Gasteiger partial charge in [0.05, 0.1) is 4.88 Å². The number of rotatable bonds is 7. The summed E-state index contributed by atoms with van der Waals surface area (Å²) in [5, 5.41) is 11.4. The minimum absolute atomic E-state index is 0.0734. The van der Waals surface area contributed by atoms with Crippen LogP contribution >= 0.6 is 11.3 Å². The van der Waals surface area contributed by atoms with Crippen LogP contribution in [0.5, 0.6) is 0 Å². The van der Waals surface area contributed by atoms with Crippen LogP contribution in [-0.4, -0.2) is 23.5 Å². The van der Waals surface area contributed by atoms with E-state index in [1.165, 1.54) is 36.7 Å². The summed E-state index contributed by atoms with van der Waals surface area (Å²) in [6.07, 6.45) is 7.50. The Morgan fingerprint density at radius 1 is 1.42 bits per heavy atom. The summed E-state index contributed by atoms with van der Waals surface area (Å²) in [7, 11) is 0. The summed E-state index contributed by atoms with van der Waals surface area (Å²) < 4.78 is 0. The summed E-state index contributed by atoms with van der Waals surface area (Å²) >= 11 is 1.30. The number of carboxylic acids is 1. The monoisotopic (exact) mass is 279 g/mol. The van der Waals surface area contributed by atoms with Gasteiger partial charge in [0, 0.05) is 17.5 Å². The van der Waals surface area contributed by atoms with E-state index in [4.69, 9.17) is 5.11 Å². The molecule has 102 valence electrons. The van der Waals surface area contributed by atoms with Gasteiger partial charge in [0.2, 0.25) is 0 Å². The zero-order valence-corrected chi connectivity index (χ0v) is 11.4. The molecule has 1 heterocycles. The van der Waals surface area contributed by atoms with E-state index in [1.807, 2.05) is 0 Å². The quantitative estimate of drug-likeness (QED) is 0.596. The van der Waals surface area contributed by atoms with Crippen molar-refractivity contribution in [1.82, 2.24) is 5.32 Å². The van der Waals surface area contributed by atoms with Crippen LogP contribution < -0.4 is 5.32 Å². The highest BCUT2D eigenvalue weighted by molar-refractivity contribution is 7.14. The Hall–Kier alpha value is -1.62. The smallest absolute Gasteiger partial charge is 0.328 e. The van der Waals surface area contributed by atoms with Gasteiger partial charge >= 0.3 is 5.97 Å². The lowest BCUT2D eigenvalue weighted by Gasteiger charge is -2.02. The number of aliphatic carboxylic acids is 1. The molecular weight excluding hydrogens is 262 g/mol. The molecule has 5 heteroatoms. The first-order valence-corrected chi connectivity index (χ1v) is 7.26. The van der Waals surface area contributed by atoms with Gasteiger partial charge in [0.25, 0.3) is 5.91 Å². The van der Waals surface area contributed by atoms with Crippen molar-refractivity contribution in [2.24, 2.45) is 5.92 Å². The van der Waals surface area contributed by atoms with E-state index in [9.17, 15) is 9.59 Å². The molecule has 0 atom stereocenters. The Bertz CT molecular complexity index is 489. The highest BCUT2D eigenvalue weighted by atomic mass is 32.1. The maximum atomic E-state index is 11.8. The second-order valence-corrected chi connectivity index (χ2v) is 5.83. The summed E-state index contributed by atoms with van der Waals surface area (Å²) in [5.41, 5.74) is 0. The molecule has 0 aliphatic heterocycles. The number of carbonyl (C=O) groups excluding carboxylic acids is 1. The number of hydrogen-bond donors (Lipinski definition) is 2. The Morgan fingerprint density at radius 3 is 2.89 bits per heavy atom. The lowest BCUT2D eigenvalue weighted by atomic mass is 10.2. The van der Waals surface area contributed by atoms with Gasteiger partial charge in [-0.1, -0.05) is 12.8 Å². The maximum Gasteiger partial charge on any atom is 0.328 e. The third kappa shape index (κ3) is 4.87. The maximum absolute atomic E-state index is 11.8. The number of nitrogens with one attached hydrogen (secondary N) is 1. The second-order valence-electron chi connectivity index (χ2n) is 4.72. The predicted molar refractivity (Wildman–Crippen MR) is 75.3 cm³/mol.